The fourth-order valence-electron chi connectivity index (χ4n) is 1.64. The first kappa shape index (κ1) is 14.0. The highest BCUT2D eigenvalue weighted by Gasteiger charge is 2.12. The highest BCUT2D eigenvalue weighted by atomic mass is 19.1. The van der Waals surface area contributed by atoms with Gasteiger partial charge in [-0.1, -0.05) is 12.1 Å². The number of aromatic nitrogens is 1. The summed E-state index contributed by atoms with van der Waals surface area (Å²) in [6.07, 6.45) is 0. The van der Waals surface area contributed by atoms with Crippen molar-refractivity contribution in [1.29, 1.82) is 0 Å². The van der Waals surface area contributed by atoms with Gasteiger partial charge in [-0.15, -0.1) is 0 Å². The van der Waals surface area contributed by atoms with E-state index in [0.717, 1.165) is 11.6 Å². The summed E-state index contributed by atoms with van der Waals surface area (Å²) in [6, 6.07) is 7.90. The quantitative estimate of drug-likeness (QED) is 0.914. The summed E-state index contributed by atoms with van der Waals surface area (Å²) in [5.74, 6) is -1.25. The zero-order chi connectivity index (χ0) is 14.5. The van der Waals surface area contributed by atoms with E-state index in [1.54, 1.807) is 25.3 Å². The first-order valence-electron chi connectivity index (χ1n) is 5.93. The molecule has 2 rings (SSSR count). The zero-order valence-electron chi connectivity index (χ0n) is 11.1. The van der Waals surface area contributed by atoms with Gasteiger partial charge < -0.3 is 14.8 Å². The number of hydrogen-bond acceptors (Lipinski definition) is 4. The molecule has 0 aliphatic rings. The summed E-state index contributed by atoms with van der Waals surface area (Å²) >= 11 is 0. The van der Waals surface area contributed by atoms with Crippen molar-refractivity contribution < 1.29 is 18.3 Å². The fraction of sp³-hybridized carbons (Fsp3) is 0.214. The topological polar surface area (TPSA) is 43.4 Å². The smallest absolute Gasteiger partial charge is 0.252 e. The van der Waals surface area contributed by atoms with Crippen molar-refractivity contribution in [3.8, 4) is 11.6 Å². The molecule has 0 bridgehead atoms. The molecule has 2 aromatic rings. The molecule has 0 spiro atoms. The van der Waals surface area contributed by atoms with E-state index >= 15 is 0 Å². The van der Waals surface area contributed by atoms with Gasteiger partial charge in [0.25, 0.3) is 5.88 Å². The van der Waals surface area contributed by atoms with Gasteiger partial charge in [0.2, 0.25) is 0 Å². The van der Waals surface area contributed by atoms with Crippen LogP contribution in [-0.4, -0.2) is 19.1 Å². The summed E-state index contributed by atoms with van der Waals surface area (Å²) < 4.78 is 37.1. The summed E-state index contributed by atoms with van der Waals surface area (Å²) in [5, 5.41) is 2.53. The van der Waals surface area contributed by atoms with Gasteiger partial charge in [0.15, 0.2) is 17.5 Å². The largest absolute Gasteiger partial charge is 0.497 e. The number of benzene rings is 1. The molecule has 0 atom stereocenters. The van der Waals surface area contributed by atoms with Crippen LogP contribution in [0.2, 0.25) is 0 Å². The second-order valence-electron chi connectivity index (χ2n) is 4.00. The van der Waals surface area contributed by atoms with E-state index in [-0.39, 0.29) is 18.3 Å². The van der Waals surface area contributed by atoms with Crippen molar-refractivity contribution in [1.82, 2.24) is 4.98 Å². The maximum absolute atomic E-state index is 13.5. The molecule has 0 aliphatic heterocycles. The van der Waals surface area contributed by atoms with Crippen LogP contribution in [0.5, 0.6) is 11.6 Å². The van der Waals surface area contributed by atoms with Gasteiger partial charge in [0.1, 0.15) is 12.4 Å². The number of pyridine rings is 1. The Morgan fingerprint density at radius 2 is 2.00 bits per heavy atom. The van der Waals surface area contributed by atoms with Crippen LogP contribution in [0.15, 0.2) is 30.3 Å². The molecular weight excluding hydrogens is 266 g/mol. The second-order valence-corrected chi connectivity index (χ2v) is 4.00. The van der Waals surface area contributed by atoms with E-state index in [4.69, 9.17) is 9.47 Å². The van der Waals surface area contributed by atoms with Gasteiger partial charge >= 0.3 is 0 Å². The Balaban J connectivity index is 2.14. The lowest BCUT2D eigenvalue weighted by Gasteiger charge is -2.09. The second kappa shape index (κ2) is 6.18. The maximum atomic E-state index is 13.5. The van der Waals surface area contributed by atoms with E-state index < -0.39 is 11.6 Å². The summed E-state index contributed by atoms with van der Waals surface area (Å²) in [4.78, 5) is 3.73. The minimum atomic E-state index is -0.843. The Kier molecular flexibility index (Phi) is 4.34. The van der Waals surface area contributed by atoms with Crippen LogP contribution in [0.1, 0.15) is 5.56 Å². The predicted molar refractivity (Wildman–Crippen MR) is 71.0 cm³/mol. The van der Waals surface area contributed by atoms with Crippen LogP contribution in [0.3, 0.4) is 0 Å². The van der Waals surface area contributed by atoms with Gasteiger partial charge in [-0.3, -0.25) is 0 Å². The molecule has 1 aromatic heterocycles. The third kappa shape index (κ3) is 3.14. The minimum Gasteiger partial charge on any atom is -0.497 e. The number of anilines is 1. The number of methoxy groups -OCH3 is 1. The summed E-state index contributed by atoms with van der Waals surface area (Å²) in [5.41, 5.74) is 0.792. The third-order valence-corrected chi connectivity index (χ3v) is 2.64. The molecule has 106 valence electrons. The van der Waals surface area contributed by atoms with Crippen LogP contribution >= 0.6 is 0 Å². The summed E-state index contributed by atoms with van der Waals surface area (Å²) in [7, 11) is 3.05. The monoisotopic (exact) mass is 280 g/mol. The standard InChI is InChI=1S/C14H14F2N2O2/c1-17-13-11(15)7-12(16)14(18-13)20-8-9-4-3-5-10(6-9)19-2/h3-7H,8H2,1-2H3,(H,17,18). The lowest BCUT2D eigenvalue weighted by atomic mass is 10.2. The number of halogens is 2. The Morgan fingerprint density at radius 1 is 1.20 bits per heavy atom. The molecule has 0 fully saturated rings. The van der Waals surface area contributed by atoms with Crippen molar-refractivity contribution in [3.05, 3.63) is 47.5 Å². The summed E-state index contributed by atoms with van der Waals surface area (Å²) in [6.45, 7) is 0.107. The van der Waals surface area contributed by atoms with Gasteiger partial charge in [-0.25, -0.2) is 8.78 Å². The lowest BCUT2D eigenvalue weighted by molar-refractivity contribution is 0.275. The zero-order valence-corrected chi connectivity index (χ0v) is 11.1. The number of nitrogens with one attached hydrogen (secondary N) is 1. The molecule has 0 unspecified atom stereocenters. The molecule has 1 N–H and O–H groups in total. The van der Waals surface area contributed by atoms with Crippen molar-refractivity contribution >= 4 is 5.82 Å². The number of hydrogen-bond donors (Lipinski definition) is 1. The van der Waals surface area contributed by atoms with E-state index in [1.807, 2.05) is 6.07 Å². The van der Waals surface area contributed by atoms with Gasteiger partial charge in [0, 0.05) is 13.1 Å². The Bertz CT molecular complexity index is 606. The molecule has 0 saturated carbocycles. The lowest BCUT2D eigenvalue weighted by Crippen LogP contribution is -2.04. The Labute approximate surface area is 115 Å². The average Bonchev–Trinajstić information content (AvgIpc) is 2.46. The van der Waals surface area contributed by atoms with Crippen molar-refractivity contribution in [3.63, 3.8) is 0 Å². The minimum absolute atomic E-state index is 0.0629. The van der Waals surface area contributed by atoms with E-state index in [2.05, 4.69) is 10.3 Å². The van der Waals surface area contributed by atoms with Crippen molar-refractivity contribution in [2.45, 2.75) is 6.61 Å². The van der Waals surface area contributed by atoms with Crippen LogP contribution in [0.4, 0.5) is 14.6 Å². The molecular formula is C14H14F2N2O2. The molecule has 4 nitrogen and oxygen atoms in total. The molecule has 0 radical (unpaired) electrons. The SMILES string of the molecule is CNc1nc(OCc2cccc(OC)c2)c(F)cc1F. The first-order valence-corrected chi connectivity index (χ1v) is 5.93. The van der Waals surface area contributed by atoms with Gasteiger partial charge in [-0.05, 0) is 17.7 Å². The van der Waals surface area contributed by atoms with Crippen LogP contribution in [0.25, 0.3) is 0 Å². The number of nitrogens with zero attached hydrogens (tertiary/aromatic N) is 1. The predicted octanol–water partition coefficient (Wildman–Crippen LogP) is 2.99. The molecule has 0 amide bonds. The van der Waals surface area contributed by atoms with Crippen molar-refractivity contribution in [2.75, 3.05) is 19.5 Å². The Hall–Kier alpha value is -2.37. The molecule has 20 heavy (non-hydrogen) atoms. The number of rotatable bonds is 5. The average molecular weight is 280 g/mol. The molecule has 1 heterocycles. The molecule has 0 saturated heterocycles. The van der Waals surface area contributed by atoms with Crippen LogP contribution in [-0.2, 0) is 6.61 Å². The van der Waals surface area contributed by atoms with E-state index in [9.17, 15) is 8.78 Å². The first-order chi connectivity index (χ1) is 9.63. The van der Waals surface area contributed by atoms with Gasteiger partial charge in [0.05, 0.1) is 7.11 Å². The van der Waals surface area contributed by atoms with E-state index in [1.165, 1.54) is 7.05 Å². The number of ether oxygens (including phenoxy) is 2. The third-order valence-electron chi connectivity index (χ3n) is 2.64. The molecule has 1 aromatic carbocycles. The molecule has 0 aliphatic carbocycles. The van der Waals surface area contributed by atoms with Crippen LogP contribution in [0, 0.1) is 11.6 Å². The fourth-order valence-corrected chi connectivity index (χ4v) is 1.64. The normalized spacial score (nSPS) is 10.2. The van der Waals surface area contributed by atoms with Crippen LogP contribution < -0.4 is 14.8 Å². The van der Waals surface area contributed by atoms with Crippen molar-refractivity contribution in [2.24, 2.45) is 0 Å². The maximum Gasteiger partial charge on any atom is 0.252 e. The van der Waals surface area contributed by atoms with E-state index in [0.29, 0.717) is 5.75 Å². The van der Waals surface area contributed by atoms with Gasteiger partial charge in [-0.2, -0.15) is 4.98 Å². The Morgan fingerprint density at radius 3 is 2.70 bits per heavy atom. The highest BCUT2D eigenvalue weighted by molar-refractivity contribution is 5.39. The highest BCUT2D eigenvalue weighted by Crippen LogP contribution is 2.22. The molecule has 6 heteroatoms.